The van der Waals surface area contributed by atoms with Crippen LogP contribution in [0.3, 0.4) is 0 Å². The Morgan fingerprint density at radius 2 is 1.68 bits per heavy atom. The van der Waals surface area contributed by atoms with Crippen molar-refractivity contribution in [3.05, 3.63) is 35.6 Å². The average Bonchev–Trinajstić information content (AvgIpc) is 3.13. The Bertz CT molecular complexity index is 1070. The van der Waals surface area contributed by atoms with Gasteiger partial charge in [-0.05, 0) is 92.7 Å². The molecule has 1 aromatic carbocycles. The lowest BCUT2D eigenvalue weighted by molar-refractivity contribution is -0.313. The smallest absolute Gasteiger partial charge is 0.186 e. The number of fused-ring (bicyclic) bond motifs is 5. The van der Waals surface area contributed by atoms with Gasteiger partial charge in [-0.3, -0.25) is 0 Å². The van der Waals surface area contributed by atoms with Gasteiger partial charge in [-0.2, -0.15) is 0 Å². The molecule has 0 unspecified atom stereocenters. The Kier molecular flexibility index (Phi) is 7.42. The molecular weight excluding hydrogens is 515 g/mol. The van der Waals surface area contributed by atoms with E-state index < -0.39 is 47.8 Å². The lowest BCUT2D eigenvalue weighted by atomic mass is 9.43. The Morgan fingerprint density at radius 3 is 2.38 bits per heavy atom. The molecule has 0 spiro atoms. The number of rotatable bonds is 4. The van der Waals surface area contributed by atoms with Crippen LogP contribution in [-0.2, 0) is 14.2 Å². The summed E-state index contributed by atoms with van der Waals surface area (Å²) >= 11 is 0. The number of benzene rings is 1. The predicted octanol–water partition coefficient (Wildman–Crippen LogP) is 3.90. The summed E-state index contributed by atoms with van der Waals surface area (Å²) in [5.74, 6) is 0.392. The summed E-state index contributed by atoms with van der Waals surface area (Å²) in [4.78, 5) is 0. The first-order chi connectivity index (χ1) is 18.9. The van der Waals surface area contributed by atoms with Gasteiger partial charge in [0.25, 0.3) is 0 Å². The first-order valence-electron chi connectivity index (χ1n) is 15.3. The van der Waals surface area contributed by atoms with Gasteiger partial charge in [-0.1, -0.05) is 26.0 Å². The largest absolute Gasteiger partial charge is 0.392 e. The molecule has 6 rings (SSSR count). The quantitative estimate of drug-likeness (QED) is 0.412. The summed E-state index contributed by atoms with van der Waals surface area (Å²) in [5.41, 5.74) is -0.471. The van der Waals surface area contributed by atoms with Gasteiger partial charge < -0.3 is 34.6 Å². The number of halogens is 1. The number of hydrogen-bond donors (Lipinski definition) is 4. The summed E-state index contributed by atoms with van der Waals surface area (Å²) in [6.07, 6.45) is 1.98. The molecule has 7 nitrogen and oxygen atoms in total. The lowest BCUT2D eigenvalue weighted by Gasteiger charge is -2.63. The molecule has 1 saturated heterocycles. The van der Waals surface area contributed by atoms with Crippen LogP contribution in [0.5, 0.6) is 0 Å². The number of aliphatic hydroxyl groups is 4. The zero-order chi connectivity index (χ0) is 28.6. The fraction of sp³-hybridized carbons (Fsp3) is 0.812. The van der Waals surface area contributed by atoms with E-state index >= 15 is 0 Å². The van der Waals surface area contributed by atoms with Crippen LogP contribution >= 0.6 is 0 Å². The first kappa shape index (κ1) is 29.0. The van der Waals surface area contributed by atoms with Crippen molar-refractivity contribution in [3.8, 4) is 0 Å². The van der Waals surface area contributed by atoms with Gasteiger partial charge in [-0.15, -0.1) is 0 Å². The van der Waals surface area contributed by atoms with Crippen molar-refractivity contribution in [2.45, 2.75) is 127 Å². The lowest BCUT2D eigenvalue weighted by Crippen LogP contribution is -2.62. The molecule has 1 heterocycles. The molecule has 4 aliphatic carbocycles. The van der Waals surface area contributed by atoms with Crippen LogP contribution in [0.15, 0.2) is 24.3 Å². The monoisotopic (exact) mass is 562 g/mol. The molecule has 4 N–H and O–H groups in total. The zero-order valence-corrected chi connectivity index (χ0v) is 24.2. The van der Waals surface area contributed by atoms with Gasteiger partial charge in [0.2, 0.25) is 0 Å². The van der Waals surface area contributed by atoms with Crippen LogP contribution < -0.4 is 0 Å². The van der Waals surface area contributed by atoms with Gasteiger partial charge in [0.05, 0.1) is 23.9 Å². The molecule has 8 heteroatoms. The molecule has 14 atom stereocenters. The summed E-state index contributed by atoms with van der Waals surface area (Å²) in [5, 5.41) is 44.9. The summed E-state index contributed by atoms with van der Waals surface area (Å²) in [7, 11) is 1.48. The van der Waals surface area contributed by atoms with E-state index in [1.165, 1.54) is 19.2 Å². The van der Waals surface area contributed by atoms with Crippen molar-refractivity contribution >= 4 is 0 Å². The molecule has 0 bridgehead atoms. The molecule has 0 aromatic heterocycles. The van der Waals surface area contributed by atoms with E-state index in [9.17, 15) is 24.8 Å². The van der Waals surface area contributed by atoms with Gasteiger partial charge >= 0.3 is 0 Å². The molecular formula is C32H47FO7. The SMILES string of the molecule is CO[C@H]1[C@H](O)[C@H](O[C@H]2CC[C@@]3(C)[C@H](CC[C@@H]4[C@@H]3CC[C@]3(C)[C@@H](c5ccc(F)cc5)[C@H](O)C[C@]43O)C2)O[C@@H](C)[C@@H]1O. The minimum atomic E-state index is -1.06. The average molecular weight is 563 g/mol. The number of ether oxygens (including phenoxy) is 3. The van der Waals surface area contributed by atoms with E-state index in [4.69, 9.17) is 14.2 Å². The van der Waals surface area contributed by atoms with Gasteiger partial charge in [0, 0.05) is 24.9 Å². The van der Waals surface area contributed by atoms with E-state index in [1.807, 2.05) is 0 Å². The summed E-state index contributed by atoms with van der Waals surface area (Å²) < 4.78 is 31.2. The molecule has 5 fully saturated rings. The highest BCUT2D eigenvalue weighted by Crippen LogP contribution is 2.70. The fourth-order valence-corrected chi connectivity index (χ4v) is 10.2. The van der Waals surface area contributed by atoms with Crippen LogP contribution in [0, 0.1) is 34.4 Å². The summed E-state index contributed by atoms with van der Waals surface area (Å²) in [6, 6.07) is 6.46. The Labute approximate surface area is 237 Å². The molecule has 5 aliphatic rings. The van der Waals surface area contributed by atoms with Crippen molar-refractivity contribution in [2.75, 3.05) is 7.11 Å². The van der Waals surface area contributed by atoms with Crippen LogP contribution in [0.25, 0.3) is 0 Å². The maximum absolute atomic E-state index is 13.7. The third-order valence-corrected chi connectivity index (χ3v) is 12.4. The standard InChI is InChI=1S/C32H47FO7/c1-17-26(35)28(38-4)27(36)29(39-17)40-21-11-13-30(2)19(15-21)7-10-23-22(30)12-14-31(3)25(24(34)16-32(23,31)37)18-5-8-20(33)9-6-18/h5-6,8-9,17,19,21-29,34-37H,7,10-16H2,1-4H3/t17-,19+,21-,22-,23+,24+,25-,26-,27-,28+,29-,30-,31+,32-/m0/s1. The van der Waals surface area contributed by atoms with Gasteiger partial charge in [0.1, 0.15) is 24.1 Å². The van der Waals surface area contributed by atoms with E-state index in [0.29, 0.717) is 18.3 Å². The van der Waals surface area contributed by atoms with Gasteiger partial charge in [0.15, 0.2) is 6.29 Å². The number of hydrogen-bond acceptors (Lipinski definition) is 7. The zero-order valence-electron chi connectivity index (χ0n) is 24.2. The van der Waals surface area contributed by atoms with Crippen LogP contribution in [0.1, 0.15) is 83.6 Å². The molecule has 224 valence electrons. The predicted molar refractivity (Wildman–Crippen MR) is 146 cm³/mol. The third-order valence-electron chi connectivity index (χ3n) is 12.4. The Morgan fingerprint density at radius 1 is 0.950 bits per heavy atom. The number of methoxy groups -OCH3 is 1. The molecule has 4 saturated carbocycles. The second-order valence-corrected chi connectivity index (χ2v) is 14.1. The third kappa shape index (κ3) is 4.23. The molecule has 0 amide bonds. The van der Waals surface area contributed by atoms with Crippen molar-refractivity contribution < 1.29 is 39.0 Å². The highest BCUT2D eigenvalue weighted by molar-refractivity contribution is 5.32. The van der Waals surface area contributed by atoms with E-state index in [2.05, 4.69) is 13.8 Å². The fourth-order valence-electron chi connectivity index (χ4n) is 10.2. The van der Waals surface area contributed by atoms with E-state index in [0.717, 1.165) is 50.5 Å². The van der Waals surface area contributed by atoms with Crippen molar-refractivity contribution in [1.82, 2.24) is 0 Å². The minimum Gasteiger partial charge on any atom is -0.392 e. The highest BCUT2D eigenvalue weighted by atomic mass is 19.1. The van der Waals surface area contributed by atoms with Gasteiger partial charge in [-0.25, -0.2) is 4.39 Å². The second kappa shape index (κ2) is 10.2. The maximum atomic E-state index is 13.7. The summed E-state index contributed by atoms with van der Waals surface area (Å²) in [6.45, 7) is 6.30. The van der Waals surface area contributed by atoms with Crippen LogP contribution in [0.4, 0.5) is 4.39 Å². The second-order valence-electron chi connectivity index (χ2n) is 14.1. The first-order valence-corrected chi connectivity index (χ1v) is 15.3. The Hall–Kier alpha value is -1.13. The van der Waals surface area contributed by atoms with E-state index in [1.54, 1.807) is 19.1 Å². The minimum absolute atomic E-state index is 0.0534. The normalized spacial score (nSPS) is 52.5. The molecule has 1 aromatic rings. The maximum Gasteiger partial charge on any atom is 0.186 e. The van der Waals surface area contributed by atoms with Crippen molar-refractivity contribution in [1.29, 1.82) is 0 Å². The van der Waals surface area contributed by atoms with Crippen molar-refractivity contribution in [3.63, 3.8) is 0 Å². The topological polar surface area (TPSA) is 109 Å². The van der Waals surface area contributed by atoms with E-state index in [-0.39, 0.29) is 29.2 Å². The molecule has 1 aliphatic heterocycles. The molecule has 40 heavy (non-hydrogen) atoms. The van der Waals surface area contributed by atoms with Crippen LogP contribution in [0.2, 0.25) is 0 Å². The highest BCUT2D eigenvalue weighted by Gasteiger charge is 2.69. The number of aliphatic hydroxyl groups excluding tert-OH is 3. The van der Waals surface area contributed by atoms with Crippen LogP contribution in [-0.4, -0.2) is 76.1 Å². The Balaban J connectivity index is 1.18. The van der Waals surface area contributed by atoms with Crippen molar-refractivity contribution in [2.24, 2.45) is 28.6 Å². The molecule has 0 radical (unpaired) electrons.